The van der Waals surface area contributed by atoms with E-state index in [-0.39, 0.29) is 12.5 Å². The largest absolute Gasteiger partial charge is 0.395 e. The van der Waals surface area contributed by atoms with Crippen LogP contribution in [0.15, 0.2) is 18.2 Å². The maximum Gasteiger partial charge on any atom is 0.252 e. The first-order valence-electron chi connectivity index (χ1n) is 7.31. The van der Waals surface area contributed by atoms with Crippen LogP contribution < -0.4 is 5.32 Å². The average molecular weight is 303 g/mol. The van der Waals surface area contributed by atoms with E-state index in [0.717, 1.165) is 17.7 Å². The predicted octanol–water partition coefficient (Wildman–Crippen LogP) is 2.35. The van der Waals surface area contributed by atoms with Gasteiger partial charge in [-0.25, -0.2) is 0 Å². The number of benzene rings is 1. The molecule has 0 aliphatic carbocycles. The predicted molar refractivity (Wildman–Crippen MR) is 87.6 cm³/mol. The first kappa shape index (κ1) is 15.9. The van der Waals surface area contributed by atoms with Crippen molar-refractivity contribution >= 4 is 17.7 Å². The minimum absolute atomic E-state index is 0.0410. The molecule has 1 aliphatic rings. The molecule has 1 heterocycles. The van der Waals surface area contributed by atoms with Gasteiger partial charge >= 0.3 is 0 Å². The molecular weight excluding hydrogens is 282 g/mol. The van der Waals surface area contributed by atoms with Crippen molar-refractivity contribution < 1.29 is 9.90 Å². The number of aliphatic hydroxyl groups is 1. The van der Waals surface area contributed by atoms with Crippen LogP contribution in [-0.2, 0) is 0 Å². The molecule has 0 saturated carbocycles. The second-order valence-electron chi connectivity index (χ2n) is 5.17. The van der Waals surface area contributed by atoms with Crippen molar-refractivity contribution in [1.82, 2.24) is 5.32 Å². The molecule has 1 amide bonds. The molecule has 0 bridgehead atoms. The van der Waals surface area contributed by atoms with E-state index in [2.05, 4.69) is 17.2 Å². The quantitative estimate of drug-likeness (QED) is 0.840. The summed E-state index contributed by atoms with van der Waals surface area (Å²) in [6.45, 7) is 2.73. The molecule has 0 radical (unpaired) electrons. The molecule has 1 aromatic rings. The third-order valence-corrected chi connectivity index (χ3v) is 4.79. The highest BCUT2D eigenvalue weighted by molar-refractivity contribution is 8.00. The van der Waals surface area contributed by atoms with Gasteiger partial charge in [0.25, 0.3) is 5.91 Å². The van der Waals surface area contributed by atoms with Crippen LogP contribution >= 0.6 is 11.8 Å². The number of aryl methyl sites for hydroxylation is 1. The third-order valence-electron chi connectivity index (χ3n) is 3.39. The van der Waals surface area contributed by atoms with Gasteiger partial charge in [-0.05, 0) is 37.7 Å². The topological polar surface area (TPSA) is 49.3 Å². The summed E-state index contributed by atoms with van der Waals surface area (Å²) in [5.74, 6) is 6.99. The minimum Gasteiger partial charge on any atom is -0.395 e. The average Bonchev–Trinajstić information content (AvgIpc) is 3.00. The number of aliphatic hydroxyl groups excluding tert-OH is 1. The molecule has 1 atom stereocenters. The van der Waals surface area contributed by atoms with Gasteiger partial charge in [-0.15, -0.1) is 0 Å². The van der Waals surface area contributed by atoms with Crippen LogP contribution in [0.4, 0.5) is 0 Å². The summed E-state index contributed by atoms with van der Waals surface area (Å²) in [7, 11) is 0. The first-order chi connectivity index (χ1) is 10.2. The lowest BCUT2D eigenvalue weighted by Crippen LogP contribution is -2.30. The van der Waals surface area contributed by atoms with Gasteiger partial charge in [0.1, 0.15) is 0 Å². The maximum atomic E-state index is 12.4. The van der Waals surface area contributed by atoms with E-state index in [4.69, 9.17) is 5.11 Å². The summed E-state index contributed by atoms with van der Waals surface area (Å²) >= 11 is 1.93. The highest BCUT2D eigenvalue weighted by Crippen LogP contribution is 2.25. The molecule has 4 heteroatoms. The number of rotatable bonds is 4. The lowest BCUT2D eigenvalue weighted by molar-refractivity contribution is 0.0953. The molecule has 3 nitrogen and oxygen atoms in total. The standard InChI is InChI=1S/C17H21NO2S/c1-13-7-8-14(5-2-3-9-19)16(11-13)17(20)18-12-15-6-4-10-21-15/h7-8,11,15,19H,3-4,6,9-10,12H2,1H3,(H,18,20). The number of carbonyl (C=O) groups excluding carboxylic acids is 1. The van der Waals surface area contributed by atoms with Crippen LogP contribution in [-0.4, -0.2) is 35.2 Å². The number of amides is 1. The molecule has 1 fully saturated rings. The van der Waals surface area contributed by atoms with Gasteiger partial charge < -0.3 is 10.4 Å². The van der Waals surface area contributed by atoms with E-state index in [1.54, 1.807) is 0 Å². The fourth-order valence-electron chi connectivity index (χ4n) is 2.28. The SMILES string of the molecule is Cc1ccc(C#CCCO)c(C(=O)NCC2CCCS2)c1. The van der Waals surface area contributed by atoms with Gasteiger partial charge in [0, 0.05) is 23.8 Å². The van der Waals surface area contributed by atoms with Crippen molar-refractivity contribution in [2.24, 2.45) is 0 Å². The zero-order valence-corrected chi connectivity index (χ0v) is 13.1. The number of hydrogen-bond donors (Lipinski definition) is 2. The lowest BCUT2D eigenvalue weighted by Gasteiger charge is -2.11. The Morgan fingerprint density at radius 2 is 2.38 bits per heavy atom. The molecular formula is C17H21NO2S. The Kier molecular flexibility index (Phi) is 6.16. The van der Waals surface area contributed by atoms with Crippen LogP contribution in [0.5, 0.6) is 0 Å². The molecule has 0 spiro atoms. The van der Waals surface area contributed by atoms with E-state index in [1.165, 1.54) is 18.6 Å². The molecule has 1 unspecified atom stereocenters. The van der Waals surface area contributed by atoms with Crippen molar-refractivity contribution in [2.75, 3.05) is 18.9 Å². The maximum absolute atomic E-state index is 12.4. The molecule has 112 valence electrons. The summed E-state index contributed by atoms with van der Waals surface area (Å²) in [5.41, 5.74) is 2.40. The van der Waals surface area contributed by atoms with E-state index in [1.807, 2.05) is 36.9 Å². The fraction of sp³-hybridized carbons (Fsp3) is 0.471. The van der Waals surface area contributed by atoms with Crippen LogP contribution in [0.1, 0.15) is 40.7 Å². The highest BCUT2D eigenvalue weighted by atomic mass is 32.2. The summed E-state index contributed by atoms with van der Waals surface area (Å²) in [4.78, 5) is 12.4. The zero-order chi connectivity index (χ0) is 15.1. The van der Waals surface area contributed by atoms with Crippen molar-refractivity contribution in [2.45, 2.75) is 31.4 Å². The van der Waals surface area contributed by atoms with Crippen molar-refractivity contribution in [3.05, 3.63) is 34.9 Å². The summed E-state index contributed by atoms with van der Waals surface area (Å²) in [5, 5.41) is 12.4. The molecule has 1 saturated heterocycles. The second kappa shape index (κ2) is 8.11. The Labute approximate surface area is 130 Å². The van der Waals surface area contributed by atoms with Crippen molar-refractivity contribution in [3.63, 3.8) is 0 Å². The zero-order valence-electron chi connectivity index (χ0n) is 12.3. The van der Waals surface area contributed by atoms with Gasteiger partial charge in [-0.2, -0.15) is 11.8 Å². The van der Waals surface area contributed by atoms with Crippen LogP contribution in [0.25, 0.3) is 0 Å². The third kappa shape index (κ3) is 4.80. The van der Waals surface area contributed by atoms with Gasteiger partial charge in [0.05, 0.1) is 12.2 Å². The Hall–Kier alpha value is -1.44. The first-order valence-corrected chi connectivity index (χ1v) is 8.36. The van der Waals surface area contributed by atoms with Crippen LogP contribution in [0.2, 0.25) is 0 Å². The molecule has 2 rings (SSSR count). The van der Waals surface area contributed by atoms with E-state index >= 15 is 0 Å². The van der Waals surface area contributed by atoms with Crippen LogP contribution in [0.3, 0.4) is 0 Å². The van der Waals surface area contributed by atoms with Crippen molar-refractivity contribution in [3.8, 4) is 11.8 Å². The smallest absolute Gasteiger partial charge is 0.252 e. The summed E-state index contributed by atoms with van der Waals surface area (Å²) < 4.78 is 0. The van der Waals surface area contributed by atoms with Gasteiger partial charge in [0.2, 0.25) is 0 Å². The molecule has 2 N–H and O–H groups in total. The Bertz CT molecular complexity index is 554. The molecule has 21 heavy (non-hydrogen) atoms. The molecule has 1 aromatic carbocycles. The highest BCUT2D eigenvalue weighted by Gasteiger charge is 2.17. The second-order valence-corrected chi connectivity index (χ2v) is 6.58. The Morgan fingerprint density at radius 1 is 1.52 bits per heavy atom. The van der Waals surface area contributed by atoms with Gasteiger partial charge in [-0.1, -0.05) is 23.5 Å². The van der Waals surface area contributed by atoms with E-state index in [0.29, 0.717) is 17.2 Å². The van der Waals surface area contributed by atoms with Crippen LogP contribution in [0, 0.1) is 18.8 Å². The Morgan fingerprint density at radius 3 is 3.10 bits per heavy atom. The van der Waals surface area contributed by atoms with E-state index < -0.39 is 0 Å². The molecule has 1 aliphatic heterocycles. The number of thioether (sulfide) groups is 1. The van der Waals surface area contributed by atoms with Gasteiger partial charge in [0.15, 0.2) is 0 Å². The summed E-state index contributed by atoms with van der Waals surface area (Å²) in [6, 6.07) is 5.70. The minimum atomic E-state index is -0.0560. The number of nitrogens with one attached hydrogen (secondary N) is 1. The fourth-order valence-corrected chi connectivity index (χ4v) is 3.48. The Balaban J connectivity index is 2.07. The normalized spacial score (nSPS) is 17.1. The van der Waals surface area contributed by atoms with Crippen molar-refractivity contribution in [1.29, 1.82) is 0 Å². The number of hydrogen-bond acceptors (Lipinski definition) is 3. The number of carbonyl (C=O) groups is 1. The van der Waals surface area contributed by atoms with Gasteiger partial charge in [-0.3, -0.25) is 4.79 Å². The lowest BCUT2D eigenvalue weighted by atomic mass is 10.0. The monoisotopic (exact) mass is 303 g/mol. The van der Waals surface area contributed by atoms with E-state index in [9.17, 15) is 4.79 Å². The summed E-state index contributed by atoms with van der Waals surface area (Å²) in [6.07, 6.45) is 2.85. The molecule has 0 aromatic heterocycles.